The largest absolute Gasteiger partial charge is 0.368 e. The Kier molecular flexibility index (Phi) is 3.00. The van der Waals surface area contributed by atoms with Gasteiger partial charge < -0.3 is 5.32 Å². The summed E-state index contributed by atoms with van der Waals surface area (Å²) in [6.07, 6.45) is 1.80. The van der Waals surface area contributed by atoms with Crippen LogP contribution in [0.15, 0.2) is 28.5 Å². The number of fused-ring (bicyclic) bond motifs is 1. The molecular formula is C11H12N6OS. The Labute approximate surface area is 112 Å². The lowest BCUT2D eigenvalue weighted by Crippen LogP contribution is -2.16. The summed E-state index contributed by atoms with van der Waals surface area (Å²) in [6.45, 7) is 2.80. The van der Waals surface area contributed by atoms with Gasteiger partial charge in [0.2, 0.25) is 0 Å². The minimum atomic E-state index is -0.341. The van der Waals surface area contributed by atoms with Crippen molar-refractivity contribution in [3.63, 3.8) is 0 Å². The normalized spacial score (nSPS) is 12.7. The zero-order valence-electron chi connectivity index (χ0n) is 10.2. The molecule has 3 aromatic rings. The highest BCUT2D eigenvalue weighted by atomic mass is 32.1. The van der Waals surface area contributed by atoms with Crippen molar-refractivity contribution in [2.75, 3.05) is 11.9 Å². The summed E-state index contributed by atoms with van der Waals surface area (Å²) >= 11 is 1.63. The maximum Gasteiger partial charge on any atom is 0.364 e. The van der Waals surface area contributed by atoms with Gasteiger partial charge in [0.15, 0.2) is 5.65 Å². The third-order valence-corrected chi connectivity index (χ3v) is 3.74. The monoisotopic (exact) mass is 276 g/mol. The highest BCUT2D eigenvalue weighted by Crippen LogP contribution is 2.17. The Morgan fingerprint density at radius 2 is 2.42 bits per heavy atom. The van der Waals surface area contributed by atoms with Crippen LogP contribution in [0.3, 0.4) is 0 Å². The first-order chi connectivity index (χ1) is 9.24. The lowest BCUT2D eigenvalue weighted by molar-refractivity contribution is 0.783. The van der Waals surface area contributed by atoms with Crippen molar-refractivity contribution in [2.45, 2.75) is 12.8 Å². The Hall–Kier alpha value is -2.22. The minimum Gasteiger partial charge on any atom is -0.368 e. The van der Waals surface area contributed by atoms with Gasteiger partial charge in [-0.05, 0) is 12.1 Å². The highest BCUT2D eigenvalue weighted by molar-refractivity contribution is 7.09. The van der Waals surface area contributed by atoms with Crippen molar-refractivity contribution in [3.8, 4) is 0 Å². The lowest BCUT2D eigenvalue weighted by Gasteiger charge is -2.10. The van der Waals surface area contributed by atoms with Crippen molar-refractivity contribution < 1.29 is 0 Å². The van der Waals surface area contributed by atoms with Gasteiger partial charge in [-0.1, -0.05) is 6.92 Å². The maximum absolute atomic E-state index is 11.4. The smallest absolute Gasteiger partial charge is 0.364 e. The molecule has 0 aliphatic carbocycles. The van der Waals surface area contributed by atoms with E-state index in [2.05, 4.69) is 32.5 Å². The zero-order valence-corrected chi connectivity index (χ0v) is 11.0. The summed E-state index contributed by atoms with van der Waals surface area (Å²) in [5.74, 6) is 0.929. The average Bonchev–Trinajstić information content (AvgIpc) is 3.07. The maximum atomic E-state index is 11.4. The van der Waals surface area contributed by atoms with Crippen LogP contribution in [-0.2, 0) is 0 Å². The van der Waals surface area contributed by atoms with E-state index in [0.717, 1.165) is 5.01 Å². The highest BCUT2D eigenvalue weighted by Gasteiger charge is 2.09. The molecule has 3 aromatic heterocycles. The van der Waals surface area contributed by atoms with Crippen molar-refractivity contribution in [1.29, 1.82) is 0 Å². The van der Waals surface area contributed by atoms with Crippen LogP contribution in [-0.4, -0.2) is 31.3 Å². The van der Waals surface area contributed by atoms with E-state index in [1.54, 1.807) is 29.7 Å². The second-order valence-electron chi connectivity index (χ2n) is 4.17. The van der Waals surface area contributed by atoms with Gasteiger partial charge in [-0.15, -0.1) is 16.4 Å². The molecule has 0 aliphatic heterocycles. The van der Waals surface area contributed by atoms with E-state index in [4.69, 9.17) is 0 Å². The molecule has 7 nitrogen and oxygen atoms in total. The Bertz CT molecular complexity index is 731. The third kappa shape index (κ3) is 2.34. The molecule has 1 unspecified atom stereocenters. The molecule has 2 N–H and O–H groups in total. The van der Waals surface area contributed by atoms with Gasteiger partial charge in [0, 0.05) is 24.0 Å². The number of hydrogen-bond acceptors (Lipinski definition) is 6. The number of aromatic nitrogens is 5. The minimum absolute atomic E-state index is 0.290. The van der Waals surface area contributed by atoms with Crippen molar-refractivity contribution in [2.24, 2.45) is 0 Å². The van der Waals surface area contributed by atoms with Crippen molar-refractivity contribution >= 4 is 22.8 Å². The number of anilines is 1. The first kappa shape index (κ1) is 11.8. The Morgan fingerprint density at radius 3 is 3.21 bits per heavy atom. The van der Waals surface area contributed by atoms with Gasteiger partial charge in [-0.3, -0.25) is 0 Å². The van der Waals surface area contributed by atoms with Crippen LogP contribution >= 0.6 is 11.3 Å². The fraction of sp³-hybridized carbons (Fsp3) is 0.273. The van der Waals surface area contributed by atoms with E-state index in [1.807, 2.05) is 5.38 Å². The van der Waals surface area contributed by atoms with Crippen LogP contribution in [0.1, 0.15) is 17.8 Å². The van der Waals surface area contributed by atoms with Crippen LogP contribution in [0.4, 0.5) is 5.82 Å². The SMILES string of the molecule is CC(CNc1ccc2n[nH]c(=O)n2n1)c1nccs1. The molecule has 0 fully saturated rings. The number of thiazole rings is 1. The van der Waals surface area contributed by atoms with Crippen LogP contribution in [0.5, 0.6) is 0 Å². The Morgan fingerprint density at radius 1 is 1.53 bits per heavy atom. The third-order valence-electron chi connectivity index (χ3n) is 2.74. The Balaban J connectivity index is 1.75. The van der Waals surface area contributed by atoms with Gasteiger partial charge in [0.1, 0.15) is 5.82 Å². The molecule has 98 valence electrons. The molecule has 19 heavy (non-hydrogen) atoms. The summed E-state index contributed by atoms with van der Waals surface area (Å²) in [4.78, 5) is 15.7. The molecule has 0 aromatic carbocycles. The lowest BCUT2D eigenvalue weighted by atomic mass is 10.2. The van der Waals surface area contributed by atoms with Crippen molar-refractivity contribution in [3.05, 3.63) is 39.2 Å². The second-order valence-corrected chi connectivity index (χ2v) is 5.10. The predicted octanol–water partition coefficient (Wildman–Crippen LogP) is 1.09. The molecule has 3 heterocycles. The van der Waals surface area contributed by atoms with Gasteiger partial charge in [0.05, 0.1) is 5.01 Å². The molecule has 8 heteroatoms. The number of aromatic amines is 1. The molecule has 1 atom stereocenters. The first-order valence-electron chi connectivity index (χ1n) is 5.82. The quantitative estimate of drug-likeness (QED) is 0.744. The van der Waals surface area contributed by atoms with Crippen LogP contribution in [0.2, 0.25) is 0 Å². The number of rotatable bonds is 4. The van der Waals surface area contributed by atoms with Crippen LogP contribution in [0, 0.1) is 0 Å². The molecule has 0 spiro atoms. The van der Waals surface area contributed by atoms with E-state index in [1.165, 1.54) is 4.52 Å². The summed E-state index contributed by atoms with van der Waals surface area (Å²) in [6, 6.07) is 3.53. The molecular weight excluding hydrogens is 264 g/mol. The molecule has 0 saturated heterocycles. The number of nitrogens with zero attached hydrogens (tertiary/aromatic N) is 4. The molecule has 0 bridgehead atoms. The summed E-state index contributed by atoms with van der Waals surface area (Å²) in [7, 11) is 0. The molecule has 0 amide bonds. The number of nitrogens with one attached hydrogen (secondary N) is 2. The van der Waals surface area contributed by atoms with Crippen molar-refractivity contribution in [1.82, 2.24) is 24.8 Å². The van der Waals surface area contributed by atoms with Crippen LogP contribution in [0.25, 0.3) is 5.65 Å². The summed E-state index contributed by atoms with van der Waals surface area (Å²) < 4.78 is 1.23. The molecule has 0 aliphatic rings. The standard InChI is InChI=1S/C11H12N6OS/c1-7(10-12-4-5-19-10)6-13-8-2-3-9-14-15-11(18)17(9)16-8/h2-5,7H,6H2,1H3,(H,13,16)(H,15,18). The van der Waals surface area contributed by atoms with Gasteiger partial charge >= 0.3 is 5.69 Å². The van der Waals surface area contributed by atoms with E-state index in [9.17, 15) is 4.79 Å². The predicted molar refractivity (Wildman–Crippen MR) is 72.6 cm³/mol. The van der Waals surface area contributed by atoms with E-state index >= 15 is 0 Å². The summed E-state index contributed by atoms with van der Waals surface area (Å²) in [5.41, 5.74) is 0.162. The fourth-order valence-corrected chi connectivity index (χ4v) is 2.42. The van der Waals surface area contributed by atoms with E-state index < -0.39 is 0 Å². The zero-order chi connectivity index (χ0) is 13.2. The second kappa shape index (κ2) is 4.81. The number of hydrogen-bond donors (Lipinski definition) is 2. The molecule has 3 rings (SSSR count). The van der Waals surface area contributed by atoms with Gasteiger partial charge in [0.25, 0.3) is 0 Å². The van der Waals surface area contributed by atoms with E-state index in [0.29, 0.717) is 23.9 Å². The van der Waals surface area contributed by atoms with Gasteiger partial charge in [-0.2, -0.15) is 9.61 Å². The summed E-state index contributed by atoms with van der Waals surface area (Å²) in [5, 5.41) is 16.6. The first-order valence-corrected chi connectivity index (χ1v) is 6.70. The molecule has 0 radical (unpaired) electrons. The topological polar surface area (TPSA) is 88.0 Å². The number of H-pyrrole nitrogens is 1. The average molecular weight is 276 g/mol. The van der Waals surface area contributed by atoms with Crippen LogP contribution < -0.4 is 11.0 Å². The van der Waals surface area contributed by atoms with E-state index in [-0.39, 0.29) is 5.69 Å². The van der Waals surface area contributed by atoms with Gasteiger partial charge in [-0.25, -0.2) is 14.9 Å². The fourth-order valence-electron chi connectivity index (χ4n) is 1.72. The molecule has 0 saturated carbocycles.